The molecule has 0 saturated heterocycles. The lowest BCUT2D eigenvalue weighted by Crippen LogP contribution is -2.27. The molecule has 4 nitrogen and oxygen atoms in total. The van der Waals surface area contributed by atoms with E-state index in [2.05, 4.69) is 25.5 Å². The number of rotatable bonds is 6. The minimum absolute atomic E-state index is 0.119. The van der Waals surface area contributed by atoms with Crippen molar-refractivity contribution in [1.82, 2.24) is 4.72 Å². The van der Waals surface area contributed by atoms with Gasteiger partial charge in [-0.1, -0.05) is 32.9 Å². The van der Waals surface area contributed by atoms with E-state index in [4.69, 9.17) is 5.73 Å². The summed E-state index contributed by atoms with van der Waals surface area (Å²) >= 11 is 0. The highest BCUT2D eigenvalue weighted by Gasteiger charge is 2.16. The van der Waals surface area contributed by atoms with E-state index in [-0.39, 0.29) is 5.41 Å². The molecule has 0 aliphatic rings. The standard InChI is InChI=1S/C14H24N2O2S/c1-14(2,3)9-11-16-19(17,18)13-6-4-12(5-7-13)8-10-15/h4-7,16H,8-11,15H2,1-3H3. The van der Waals surface area contributed by atoms with Gasteiger partial charge in [0, 0.05) is 6.54 Å². The van der Waals surface area contributed by atoms with Crippen molar-refractivity contribution in [2.24, 2.45) is 11.1 Å². The van der Waals surface area contributed by atoms with Crippen molar-refractivity contribution in [3.63, 3.8) is 0 Å². The van der Waals surface area contributed by atoms with E-state index in [0.29, 0.717) is 18.0 Å². The van der Waals surface area contributed by atoms with Crippen molar-refractivity contribution in [2.45, 2.75) is 38.5 Å². The molecule has 108 valence electrons. The van der Waals surface area contributed by atoms with E-state index in [9.17, 15) is 8.42 Å². The molecule has 1 rings (SSSR count). The summed E-state index contributed by atoms with van der Waals surface area (Å²) in [4.78, 5) is 0.308. The van der Waals surface area contributed by atoms with Crippen LogP contribution in [-0.4, -0.2) is 21.5 Å². The number of hydrogen-bond acceptors (Lipinski definition) is 3. The van der Waals surface area contributed by atoms with Gasteiger partial charge in [-0.3, -0.25) is 0 Å². The summed E-state index contributed by atoms with van der Waals surface area (Å²) in [6.45, 7) is 7.28. The summed E-state index contributed by atoms with van der Waals surface area (Å²) in [5.41, 5.74) is 6.63. The van der Waals surface area contributed by atoms with Crippen LogP contribution in [0.2, 0.25) is 0 Å². The summed E-state index contributed by atoms with van der Waals surface area (Å²) in [6.07, 6.45) is 1.56. The Bertz CT molecular complexity index is 487. The highest BCUT2D eigenvalue weighted by atomic mass is 32.2. The Balaban J connectivity index is 2.67. The zero-order valence-electron chi connectivity index (χ0n) is 11.9. The van der Waals surface area contributed by atoms with E-state index in [0.717, 1.165) is 18.4 Å². The lowest BCUT2D eigenvalue weighted by Gasteiger charge is -2.18. The predicted octanol–water partition coefficient (Wildman–Crippen LogP) is 1.90. The fourth-order valence-electron chi connectivity index (χ4n) is 1.65. The van der Waals surface area contributed by atoms with Crippen LogP contribution in [0.25, 0.3) is 0 Å². The van der Waals surface area contributed by atoms with Gasteiger partial charge in [0.1, 0.15) is 0 Å². The summed E-state index contributed by atoms with van der Waals surface area (Å²) in [7, 11) is -3.40. The Hall–Kier alpha value is -0.910. The number of benzene rings is 1. The molecule has 0 spiro atoms. The molecule has 0 saturated carbocycles. The topological polar surface area (TPSA) is 72.2 Å². The van der Waals surface area contributed by atoms with Crippen LogP contribution < -0.4 is 10.5 Å². The van der Waals surface area contributed by atoms with Crippen LogP contribution in [-0.2, 0) is 16.4 Å². The molecule has 0 aromatic heterocycles. The molecule has 1 aromatic rings. The van der Waals surface area contributed by atoms with Crippen molar-refractivity contribution in [3.05, 3.63) is 29.8 Å². The smallest absolute Gasteiger partial charge is 0.240 e. The molecular formula is C14H24N2O2S. The van der Waals surface area contributed by atoms with Crippen LogP contribution in [0, 0.1) is 5.41 Å². The van der Waals surface area contributed by atoms with Gasteiger partial charge in [0.2, 0.25) is 10.0 Å². The quantitative estimate of drug-likeness (QED) is 0.838. The molecule has 0 heterocycles. The third-order valence-corrected chi connectivity index (χ3v) is 4.31. The number of nitrogens with one attached hydrogen (secondary N) is 1. The average molecular weight is 284 g/mol. The molecule has 0 radical (unpaired) electrons. The maximum atomic E-state index is 12.1. The minimum Gasteiger partial charge on any atom is -0.330 e. The van der Waals surface area contributed by atoms with Crippen LogP contribution in [0.4, 0.5) is 0 Å². The van der Waals surface area contributed by atoms with Crippen LogP contribution in [0.15, 0.2) is 29.2 Å². The van der Waals surface area contributed by atoms with Crippen molar-refractivity contribution < 1.29 is 8.42 Å². The van der Waals surface area contributed by atoms with E-state index < -0.39 is 10.0 Å². The normalized spacial score (nSPS) is 12.6. The van der Waals surface area contributed by atoms with Crippen molar-refractivity contribution in [3.8, 4) is 0 Å². The van der Waals surface area contributed by atoms with Gasteiger partial charge in [-0.2, -0.15) is 0 Å². The van der Waals surface area contributed by atoms with E-state index in [1.165, 1.54) is 0 Å². The van der Waals surface area contributed by atoms with Gasteiger partial charge in [0.05, 0.1) is 4.90 Å². The van der Waals surface area contributed by atoms with Gasteiger partial charge in [-0.05, 0) is 42.5 Å². The highest BCUT2D eigenvalue weighted by molar-refractivity contribution is 7.89. The third kappa shape index (κ3) is 5.72. The highest BCUT2D eigenvalue weighted by Crippen LogP contribution is 2.18. The first-order chi connectivity index (χ1) is 8.74. The molecule has 1 aromatic carbocycles. The number of sulfonamides is 1. The Kier molecular flexibility index (Phi) is 5.52. The van der Waals surface area contributed by atoms with Crippen LogP contribution >= 0.6 is 0 Å². The first-order valence-corrected chi connectivity index (χ1v) is 8.02. The maximum Gasteiger partial charge on any atom is 0.240 e. The van der Waals surface area contributed by atoms with Crippen molar-refractivity contribution in [1.29, 1.82) is 0 Å². The van der Waals surface area contributed by atoms with Crippen molar-refractivity contribution in [2.75, 3.05) is 13.1 Å². The first kappa shape index (κ1) is 16.1. The fourth-order valence-corrected chi connectivity index (χ4v) is 2.68. The van der Waals surface area contributed by atoms with E-state index in [1.54, 1.807) is 12.1 Å². The Morgan fingerprint density at radius 2 is 1.74 bits per heavy atom. The summed E-state index contributed by atoms with van der Waals surface area (Å²) in [6, 6.07) is 6.88. The molecule has 0 fully saturated rings. The molecule has 5 heteroatoms. The Labute approximate surface area is 116 Å². The van der Waals surface area contributed by atoms with Gasteiger partial charge in [0.15, 0.2) is 0 Å². The summed E-state index contributed by atoms with van der Waals surface area (Å²) in [5, 5.41) is 0. The summed E-state index contributed by atoms with van der Waals surface area (Å²) in [5.74, 6) is 0. The third-order valence-electron chi connectivity index (χ3n) is 2.83. The SMILES string of the molecule is CC(C)(C)CCNS(=O)(=O)c1ccc(CCN)cc1. The van der Waals surface area contributed by atoms with Gasteiger partial charge >= 0.3 is 0 Å². The van der Waals surface area contributed by atoms with Gasteiger partial charge < -0.3 is 5.73 Å². The maximum absolute atomic E-state index is 12.1. The Morgan fingerprint density at radius 1 is 1.16 bits per heavy atom. The molecule has 0 unspecified atom stereocenters. The number of nitrogens with two attached hydrogens (primary N) is 1. The van der Waals surface area contributed by atoms with Crippen LogP contribution in [0.3, 0.4) is 0 Å². The molecule has 0 amide bonds. The lowest BCUT2D eigenvalue weighted by molar-refractivity contribution is 0.378. The van der Waals surface area contributed by atoms with Crippen molar-refractivity contribution >= 4 is 10.0 Å². The molecule has 0 aliphatic heterocycles. The number of hydrogen-bond donors (Lipinski definition) is 2. The molecule has 3 N–H and O–H groups in total. The zero-order chi connectivity index (χ0) is 14.5. The average Bonchev–Trinajstić information content (AvgIpc) is 2.28. The molecule has 0 aliphatic carbocycles. The minimum atomic E-state index is -3.40. The first-order valence-electron chi connectivity index (χ1n) is 6.53. The van der Waals surface area contributed by atoms with Gasteiger partial charge in [-0.15, -0.1) is 0 Å². The van der Waals surface area contributed by atoms with Gasteiger partial charge in [-0.25, -0.2) is 13.1 Å². The molecule has 0 bridgehead atoms. The van der Waals surface area contributed by atoms with Crippen LogP contribution in [0.1, 0.15) is 32.8 Å². The summed E-state index contributed by atoms with van der Waals surface area (Å²) < 4.78 is 26.7. The van der Waals surface area contributed by atoms with E-state index in [1.807, 2.05) is 12.1 Å². The predicted molar refractivity (Wildman–Crippen MR) is 78.5 cm³/mol. The zero-order valence-corrected chi connectivity index (χ0v) is 12.8. The fraction of sp³-hybridized carbons (Fsp3) is 0.571. The van der Waals surface area contributed by atoms with Crippen LogP contribution in [0.5, 0.6) is 0 Å². The second-order valence-corrected chi connectivity index (χ2v) is 7.66. The van der Waals surface area contributed by atoms with E-state index >= 15 is 0 Å². The lowest BCUT2D eigenvalue weighted by atomic mass is 9.93. The molecule has 0 atom stereocenters. The monoisotopic (exact) mass is 284 g/mol. The second-order valence-electron chi connectivity index (χ2n) is 5.89. The molecular weight excluding hydrogens is 260 g/mol. The largest absolute Gasteiger partial charge is 0.330 e. The second kappa shape index (κ2) is 6.50. The molecule has 19 heavy (non-hydrogen) atoms. The van der Waals surface area contributed by atoms with Gasteiger partial charge in [0.25, 0.3) is 0 Å². The Morgan fingerprint density at radius 3 is 2.21 bits per heavy atom.